The lowest BCUT2D eigenvalue weighted by Crippen LogP contribution is -2.45. The summed E-state index contributed by atoms with van der Waals surface area (Å²) in [5.74, 6) is 0.160. The van der Waals surface area contributed by atoms with Crippen LogP contribution in [0.2, 0.25) is 5.02 Å². The second-order valence-corrected chi connectivity index (χ2v) is 6.33. The third-order valence-corrected chi connectivity index (χ3v) is 4.69. The second kappa shape index (κ2) is 5.26. The third kappa shape index (κ3) is 2.85. The van der Waals surface area contributed by atoms with Crippen LogP contribution in [0.5, 0.6) is 0 Å². The van der Waals surface area contributed by atoms with Crippen LogP contribution >= 0.6 is 11.6 Å². The molecular formula is C16H21ClO2. The SMILES string of the molecule is CCC(C)(O)CC(=O)C1(c2ccc(Cl)cc2)CCC1. The summed E-state index contributed by atoms with van der Waals surface area (Å²) in [6.07, 6.45) is 3.66. The van der Waals surface area contributed by atoms with Gasteiger partial charge in [0, 0.05) is 11.4 Å². The van der Waals surface area contributed by atoms with Gasteiger partial charge in [0.1, 0.15) is 5.78 Å². The first-order chi connectivity index (χ1) is 8.89. The highest BCUT2D eigenvalue weighted by atomic mass is 35.5. The molecule has 0 amide bonds. The molecule has 1 aromatic rings. The van der Waals surface area contributed by atoms with E-state index >= 15 is 0 Å². The lowest BCUT2D eigenvalue weighted by atomic mass is 9.60. The molecule has 0 bridgehead atoms. The van der Waals surface area contributed by atoms with E-state index in [-0.39, 0.29) is 17.6 Å². The molecule has 1 N–H and O–H groups in total. The molecule has 0 radical (unpaired) electrons. The van der Waals surface area contributed by atoms with Crippen molar-refractivity contribution in [1.29, 1.82) is 0 Å². The third-order valence-electron chi connectivity index (χ3n) is 4.44. The molecule has 1 atom stereocenters. The first-order valence-electron chi connectivity index (χ1n) is 6.91. The maximum absolute atomic E-state index is 12.6. The zero-order chi connectivity index (χ0) is 14.1. The second-order valence-electron chi connectivity index (χ2n) is 5.89. The van der Waals surface area contributed by atoms with Crippen LogP contribution < -0.4 is 0 Å². The van der Waals surface area contributed by atoms with Gasteiger partial charge < -0.3 is 5.11 Å². The molecule has 1 saturated carbocycles. The normalized spacial score (nSPS) is 20.4. The molecule has 19 heavy (non-hydrogen) atoms. The molecule has 1 aliphatic rings. The highest BCUT2D eigenvalue weighted by Gasteiger charge is 2.46. The van der Waals surface area contributed by atoms with Gasteiger partial charge in [0.25, 0.3) is 0 Å². The van der Waals surface area contributed by atoms with E-state index in [2.05, 4.69) is 0 Å². The summed E-state index contributed by atoms with van der Waals surface area (Å²) < 4.78 is 0. The van der Waals surface area contributed by atoms with E-state index in [4.69, 9.17) is 11.6 Å². The van der Waals surface area contributed by atoms with E-state index in [1.807, 2.05) is 31.2 Å². The summed E-state index contributed by atoms with van der Waals surface area (Å²) in [7, 11) is 0. The summed E-state index contributed by atoms with van der Waals surface area (Å²) in [5, 5.41) is 10.8. The summed E-state index contributed by atoms with van der Waals surface area (Å²) in [5.41, 5.74) is -0.240. The minimum absolute atomic E-state index is 0.160. The van der Waals surface area contributed by atoms with Gasteiger partial charge in [-0.25, -0.2) is 0 Å². The van der Waals surface area contributed by atoms with Gasteiger partial charge in [-0.3, -0.25) is 4.79 Å². The number of ketones is 1. The van der Waals surface area contributed by atoms with Crippen LogP contribution in [0.15, 0.2) is 24.3 Å². The molecule has 104 valence electrons. The molecule has 3 heteroatoms. The Morgan fingerprint density at radius 3 is 2.37 bits per heavy atom. The van der Waals surface area contributed by atoms with Crippen molar-refractivity contribution < 1.29 is 9.90 Å². The van der Waals surface area contributed by atoms with E-state index in [9.17, 15) is 9.90 Å². The highest BCUT2D eigenvalue weighted by molar-refractivity contribution is 6.30. The van der Waals surface area contributed by atoms with Crippen molar-refractivity contribution in [3.8, 4) is 0 Å². The molecule has 1 unspecified atom stereocenters. The van der Waals surface area contributed by atoms with Crippen molar-refractivity contribution in [3.05, 3.63) is 34.9 Å². The van der Waals surface area contributed by atoms with Crippen molar-refractivity contribution in [2.45, 2.75) is 57.0 Å². The van der Waals surface area contributed by atoms with Gasteiger partial charge in [-0.2, -0.15) is 0 Å². The van der Waals surface area contributed by atoms with E-state index in [1.54, 1.807) is 6.92 Å². The molecule has 0 saturated heterocycles. The number of hydrogen-bond donors (Lipinski definition) is 1. The van der Waals surface area contributed by atoms with Gasteiger partial charge in [0.15, 0.2) is 0 Å². The summed E-state index contributed by atoms with van der Waals surface area (Å²) in [6.45, 7) is 3.64. The summed E-state index contributed by atoms with van der Waals surface area (Å²) >= 11 is 5.91. The number of aliphatic hydroxyl groups is 1. The van der Waals surface area contributed by atoms with Crippen LogP contribution in [0, 0.1) is 0 Å². The first kappa shape index (κ1) is 14.5. The van der Waals surface area contributed by atoms with Crippen molar-refractivity contribution in [3.63, 3.8) is 0 Å². The van der Waals surface area contributed by atoms with Crippen LogP contribution in [0.3, 0.4) is 0 Å². The fourth-order valence-corrected chi connectivity index (χ4v) is 2.79. The lowest BCUT2D eigenvalue weighted by Gasteiger charge is -2.42. The number of hydrogen-bond acceptors (Lipinski definition) is 2. The quantitative estimate of drug-likeness (QED) is 0.889. The molecule has 1 aliphatic carbocycles. The number of halogens is 1. The zero-order valence-electron chi connectivity index (χ0n) is 11.6. The smallest absolute Gasteiger partial charge is 0.146 e. The number of carbonyl (C=O) groups excluding carboxylic acids is 1. The average Bonchev–Trinajstić information content (AvgIpc) is 2.29. The van der Waals surface area contributed by atoms with Crippen molar-refractivity contribution in [2.75, 3.05) is 0 Å². The molecular weight excluding hydrogens is 260 g/mol. The molecule has 0 spiro atoms. The van der Waals surface area contributed by atoms with E-state index in [0.717, 1.165) is 24.8 Å². The van der Waals surface area contributed by atoms with E-state index in [1.165, 1.54) is 0 Å². The summed E-state index contributed by atoms with van der Waals surface area (Å²) in [4.78, 5) is 12.6. The number of Topliss-reactive ketones (excluding diaryl/α,β-unsaturated/α-hetero) is 1. The fraction of sp³-hybridized carbons (Fsp3) is 0.562. The van der Waals surface area contributed by atoms with Gasteiger partial charge >= 0.3 is 0 Å². The Hall–Kier alpha value is -0.860. The monoisotopic (exact) mass is 280 g/mol. The van der Waals surface area contributed by atoms with Gasteiger partial charge in [0.05, 0.1) is 11.0 Å². The number of benzene rings is 1. The Morgan fingerprint density at radius 2 is 1.95 bits per heavy atom. The van der Waals surface area contributed by atoms with Crippen molar-refractivity contribution >= 4 is 17.4 Å². The predicted octanol–water partition coefficient (Wildman–Crippen LogP) is 3.88. The van der Waals surface area contributed by atoms with Crippen molar-refractivity contribution in [2.24, 2.45) is 0 Å². The fourth-order valence-electron chi connectivity index (χ4n) is 2.67. The van der Waals surface area contributed by atoms with Crippen LogP contribution in [0.1, 0.15) is 51.5 Å². The topological polar surface area (TPSA) is 37.3 Å². The summed E-state index contributed by atoms with van der Waals surface area (Å²) in [6, 6.07) is 7.56. The highest BCUT2D eigenvalue weighted by Crippen LogP contribution is 2.46. The molecule has 0 aliphatic heterocycles. The van der Waals surface area contributed by atoms with Gasteiger partial charge in [-0.15, -0.1) is 0 Å². The predicted molar refractivity (Wildman–Crippen MR) is 77.5 cm³/mol. The van der Waals surface area contributed by atoms with Gasteiger partial charge in [-0.1, -0.05) is 37.1 Å². The van der Waals surface area contributed by atoms with Crippen molar-refractivity contribution in [1.82, 2.24) is 0 Å². The Labute approximate surface area is 119 Å². The Morgan fingerprint density at radius 1 is 1.37 bits per heavy atom. The molecule has 2 nitrogen and oxygen atoms in total. The molecule has 2 rings (SSSR count). The standard InChI is InChI=1S/C16H21ClO2/c1-3-15(2,19)11-14(18)16(9-4-10-16)12-5-7-13(17)8-6-12/h5-8,19H,3-4,9-11H2,1-2H3. The maximum atomic E-state index is 12.6. The molecule has 0 aromatic heterocycles. The van der Waals surface area contributed by atoms with Gasteiger partial charge in [-0.05, 0) is 43.9 Å². The lowest BCUT2D eigenvalue weighted by molar-refractivity contribution is -0.132. The average molecular weight is 281 g/mol. The van der Waals surface area contributed by atoms with Crippen LogP contribution in [-0.2, 0) is 10.2 Å². The minimum atomic E-state index is -0.897. The van der Waals surface area contributed by atoms with Crippen LogP contribution in [0.4, 0.5) is 0 Å². The van der Waals surface area contributed by atoms with Crippen LogP contribution in [-0.4, -0.2) is 16.5 Å². The maximum Gasteiger partial charge on any atom is 0.146 e. The Balaban J connectivity index is 2.23. The largest absolute Gasteiger partial charge is 0.390 e. The molecule has 1 fully saturated rings. The first-order valence-corrected chi connectivity index (χ1v) is 7.29. The minimum Gasteiger partial charge on any atom is -0.390 e. The zero-order valence-corrected chi connectivity index (χ0v) is 12.3. The van der Waals surface area contributed by atoms with Gasteiger partial charge in [0.2, 0.25) is 0 Å². The van der Waals surface area contributed by atoms with E-state index in [0.29, 0.717) is 11.4 Å². The Bertz CT molecular complexity index is 458. The molecule has 0 heterocycles. The number of carbonyl (C=O) groups is 1. The van der Waals surface area contributed by atoms with Crippen LogP contribution in [0.25, 0.3) is 0 Å². The van der Waals surface area contributed by atoms with E-state index < -0.39 is 5.60 Å². The molecule has 1 aromatic carbocycles. The Kier molecular flexibility index (Phi) is 4.03. The number of rotatable bonds is 5.